The predicted octanol–water partition coefficient (Wildman–Crippen LogP) is 1.55. The number of halogens is 1. The Morgan fingerprint density at radius 1 is 1.45 bits per heavy atom. The molecule has 0 radical (unpaired) electrons. The number of unbranched alkanes of at least 4 members (excludes halogenated alkanes) is 1. The molecule has 1 aromatic rings. The molecule has 0 bridgehead atoms. The second-order valence-electron chi connectivity index (χ2n) is 4.42. The molecular formula is C12H18BrN3O3S. The van der Waals surface area contributed by atoms with Crippen LogP contribution in [0.15, 0.2) is 27.6 Å². The number of nitrogens with one attached hydrogen (secondary N) is 1. The molecule has 0 aromatic heterocycles. The van der Waals surface area contributed by atoms with Crippen LogP contribution in [0, 0.1) is 0 Å². The molecule has 0 heterocycles. The van der Waals surface area contributed by atoms with Crippen LogP contribution in [-0.4, -0.2) is 20.4 Å². The zero-order valence-electron chi connectivity index (χ0n) is 11.1. The minimum atomic E-state index is -3.77. The summed E-state index contributed by atoms with van der Waals surface area (Å²) < 4.78 is 22.8. The number of sulfonamides is 1. The van der Waals surface area contributed by atoms with E-state index in [1.54, 1.807) is 0 Å². The zero-order valence-corrected chi connectivity index (χ0v) is 13.5. The van der Waals surface area contributed by atoms with E-state index in [-0.39, 0.29) is 10.8 Å². The third-order valence-corrected chi connectivity index (χ3v) is 4.30. The van der Waals surface area contributed by atoms with Crippen LogP contribution >= 0.6 is 15.9 Å². The highest BCUT2D eigenvalue weighted by Crippen LogP contribution is 2.25. The number of primary sulfonamides is 1. The molecule has 1 rings (SSSR count). The first-order chi connectivity index (χ1) is 9.25. The fraction of sp³-hybridized carbons (Fsp3) is 0.417. The molecule has 0 aliphatic heterocycles. The number of amides is 1. The summed E-state index contributed by atoms with van der Waals surface area (Å²) in [6.07, 6.45) is 2.45. The summed E-state index contributed by atoms with van der Waals surface area (Å²) >= 11 is 3.19. The topological polar surface area (TPSA) is 115 Å². The lowest BCUT2D eigenvalue weighted by atomic mass is 10.1. The van der Waals surface area contributed by atoms with Gasteiger partial charge >= 0.3 is 0 Å². The number of hydrogen-bond donors (Lipinski definition) is 3. The van der Waals surface area contributed by atoms with Gasteiger partial charge in [0.1, 0.15) is 0 Å². The van der Waals surface area contributed by atoms with Crippen molar-refractivity contribution in [3.05, 3.63) is 22.7 Å². The first-order valence-corrected chi connectivity index (χ1v) is 8.48. The van der Waals surface area contributed by atoms with E-state index in [0.717, 1.165) is 12.8 Å². The average Bonchev–Trinajstić information content (AvgIpc) is 2.36. The second-order valence-corrected chi connectivity index (χ2v) is 6.84. The Kier molecular flexibility index (Phi) is 6.12. The van der Waals surface area contributed by atoms with Gasteiger partial charge in [0.05, 0.1) is 16.6 Å². The Morgan fingerprint density at radius 3 is 2.60 bits per heavy atom. The number of carbonyl (C=O) groups is 1. The quantitative estimate of drug-likeness (QED) is 0.710. The van der Waals surface area contributed by atoms with Crippen molar-refractivity contribution >= 4 is 37.5 Å². The summed E-state index contributed by atoms with van der Waals surface area (Å²) in [5.41, 5.74) is 6.21. The van der Waals surface area contributed by atoms with Crippen LogP contribution in [0.4, 0.5) is 5.69 Å². The highest BCUT2D eigenvalue weighted by Gasteiger charge is 2.15. The van der Waals surface area contributed by atoms with Crippen molar-refractivity contribution in [1.82, 2.24) is 0 Å². The van der Waals surface area contributed by atoms with Crippen molar-refractivity contribution in [2.24, 2.45) is 10.9 Å². The Labute approximate surface area is 127 Å². The van der Waals surface area contributed by atoms with Crippen molar-refractivity contribution in [3.8, 4) is 0 Å². The van der Waals surface area contributed by atoms with Crippen molar-refractivity contribution in [1.29, 1.82) is 0 Å². The fourth-order valence-corrected chi connectivity index (χ4v) is 2.72. The molecular weight excluding hydrogens is 346 g/mol. The number of benzene rings is 1. The lowest BCUT2D eigenvalue weighted by molar-refractivity contribution is -0.117. The summed E-state index contributed by atoms with van der Waals surface area (Å²) in [5, 5.41) is 7.68. The first-order valence-electron chi connectivity index (χ1n) is 6.14. The lowest BCUT2D eigenvalue weighted by Crippen LogP contribution is -2.35. The highest BCUT2D eigenvalue weighted by molar-refractivity contribution is 9.10. The van der Waals surface area contributed by atoms with E-state index in [9.17, 15) is 13.2 Å². The normalized spacial score (nSPS) is 13.0. The molecule has 8 heteroatoms. The van der Waals surface area contributed by atoms with Crippen LogP contribution in [0.2, 0.25) is 0 Å². The van der Waals surface area contributed by atoms with Crippen molar-refractivity contribution in [3.63, 3.8) is 0 Å². The monoisotopic (exact) mass is 363 g/mol. The van der Waals surface area contributed by atoms with Gasteiger partial charge in [0.2, 0.25) is 15.9 Å². The maximum atomic E-state index is 11.9. The van der Waals surface area contributed by atoms with E-state index in [2.05, 4.69) is 21.2 Å². The minimum absolute atomic E-state index is 0.0299. The molecule has 0 spiro atoms. The van der Waals surface area contributed by atoms with E-state index >= 15 is 0 Å². The van der Waals surface area contributed by atoms with Gasteiger partial charge in [-0.15, -0.1) is 0 Å². The Balaban J connectivity index is 2.81. The molecule has 20 heavy (non-hydrogen) atoms. The average molecular weight is 364 g/mol. The largest absolute Gasteiger partial charge is 0.324 e. The molecule has 0 aliphatic rings. The van der Waals surface area contributed by atoms with Crippen LogP contribution < -0.4 is 16.2 Å². The molecule has 112 valence electrons. The summed E-state index contributed by atoms with van der Waals surface area (Å²) in [6.45, 7) is 2.02. The maximum absolute atomic E-state index is 11.9. The molecule has 0 aliphatic carbocycles. The van der Waals surface area contributed by atoms with E-state index in [1.807, 2.05) is 6.92 Å². The van der Waals surface area contributed by atoms with Crippen molar-refractivity contribution < 1.29 is 13.2 Å². The van der Waals surface area contributed by atoms with Gasteiger partial charge in [0.15, 0.2) is 0 Å². The fourth-order valence-electron chi connectivity index (χ4n) is 1.55. The number of anilines is 1. The van der Waals surface area contributed by atoms with Gasteiger partial charge in [-0.3, -0.25) is 4.79 Å². The smallest absolute Gasteiger partial charge is 0.241 e. The third kappa shape index (κ3) is 4.86. The van der Waals surface area contributed by atoms with Gasteiger partial charge in [-0.2, -0.15) is 0 Å². The number of rotatable bonds is 6. The molecule has 0 saturated carbocycles. The Morgan fingerprint density at radius 2 is 2.10 bits per heavy atom. The number of hydrogen-bond acceptors (Lipinski definition) is 4. The van der Waals surface area contributed by atoms with E-state index in [1.165, 1.54) is 18.2 Å². The van der Waals surface area contributed by atoms with Crippen LogP contribution in [0.3, 0.4) is 0 Å². The van der Waals surface area contributed by atoms with Crippen molar-refractivity contribution in [2.75, 3.05) is 5.32 Å². The van der Waals surface area contributed by atoms with Gasteiger partial charge < -0.3 is 11.1 Å². The summed E-state index contributed by atoms with van der Waals surface area (Å²) in [5.74, 6) is -0.303. The van der Waals surface area contributed by atoms with Crippen molar-refractivity contribution in [2.45, 2.75) is 37.1 Å². The number of nitrogens with two attached hydrogens (primary N) is 2. The minimum Gasteiger partial charge on any atom is -0.324 e. The molecule has 0 saturated heterocycles. The molecule has 1 atom stereocenters. The van der Waals surface area contributed by atoms with E-state index in [0.29, 0.717) is 16.6 Å². The third-order valence-electron chi connectivity index (χ3n) is 2.73. The summed E-state index contributed by atoms with van der Waals surface area (Å²) in [4.78, 5) is 11.8. The molecule has 0 unspecified atom stereocenters. The van der Waals surface area contributed by atoms with Gasteiger partial charge in [-0.05, 0) is 40.5 Å². The molecule has 1 amide bonds. The zero-order chi connectivity index (χ0) is 15.3. The number of carbonyl (C=O) groups excluding carboxylic acids is 1. The van der Waals surface area contributed by atoms with Gasteiger partial charge in [-0.25, -0.2) is 13.6 Å². The molecule has 5 N–H and O–H groups in total. The highest BCUT2D eigenvalue weighted by atomic mass is 79.9. The van der Waals surface area contributed by atoms with E-state index in [4.69, 9.17) is 10.9 Å². The van der Waals surface area contributed by atoms with Gasteiger partial charge in [0.25, 0.3) is 0 Å². The maximum Gasteiger partial charge on any atom is 0.241 e. The molecule has 6 nitrogen and oxygen atoms in total. The van der Waals surface area contributed by atoms with Crippen LogP contribution in [0.5, 0.6) is 0 Å². The van der Waals surface area contributed by atoms with Crippen LogP contribution in [0.1, 0.15) is 26.2 Å². The Bertz CT molecular complexity index is 590. The van der Waals surface area contributed by atoms with Gasteiger partial charge in [0, 0.05) is 4.47 Å². The van der Waals surface area contributed by atoms with Gasteiger partial charge in [-0.1, -0.05) is 19.8 Å². The summed E-state index contributed by atoms with van der Waals surface area (Å²) in [6, 6.07) is 3.55. The van der Waals surface area contributed by atoms with Crippen LogP contribution in [0.25, 0.3) is 0 Å². The standard InChI is InChI=1S/C12H18BrN3O3S/c1-2-3-4-10(14)12(17)16-11-6-5-8(7-9(11)13)20(15,18)19/h5-7,10H,2-4,14H2,1H3,(H,16,17)(H2,15,18,19)/t10-/m0/s1. The second kappa shape index (κ2) is 7.16. The summed E-state index contributed by atoms with van der Waals surface area (Å²) in [7, 11) is -3.77. The van der Waals surface area contributed by atoms with E-state index < -0.39 is 16.1 Å². The Hall–Kier alpha value is -0.960. The first kappa shape index (κ1) is 17.1. The van der Waals surface area contributed by atoms with Crippen LogP contribution in [-0.2, 0) is 14.8 Å². The molecule has 0 fully saturated rings. The predicted molar refractivity (Wildman–Crippen MR) is 81.6 cm³/mol. The SMILES string of the molecule is CCCC[C@H](N)C(=O)Nc1ccc(S(N)(=O)=O)cc1Br. The lowest BCUT2D eigenvalue weighted by Gasteiger charge is -2.13. The molecule has 1 aromatic carbocycles.